The Labute approximate surface area is 114 Å². The van der Waals surface area contributed by atoms with Crippen LogP contribution in [0.5, 0.6) is 0 Å². The summed E-state index contributed by atoms with van der Waals surface area (Å²) in [6, 6.07) is 10.3. The van der Waals surface area contributed by atoms with E-state index >= 15 is 0 Å². The molecule has 1 fully saturated rings. The maximum Gasteiger partial charge on any atom is 0.306 e. The highest BCUT2D eigenvalue weighted by molar-refractivity contribution is 5.70. The number of carboxylic acids is 1. The predicted octanol–water partition coefficient (Wildman–Crippen LogP) is 2.89. The lowest BCUT2D eigenvalue weighted by Crippen LogP contribution is -2.37. The van der Waals surface area contributed by atoms with E-state index in [4.69, 9.17) is 5.11 Å². The highest BCUT2D eigenvalue weighted by Gasteiger charge is 2.24. The molecule has 2 rings (SSSR count). The van der Waals surface area contributed by atoms with E-state index in [1.807, 2.05) is 18.2 Å². The second kappa shape index (κ2) is 6.53. The van der Waals surface area contributed by atoms with Crippen LogP contribution >= 0.6 is 0 Å². The normalized spacial score (nSPS) is 18.5. The minimum absolute atomic E-state index is 0.144. The lowest BCUT2D eigenvalue weighted by Gasteiger charge is -2.30. The molecule has 102 valence electrons. The Morgan fingerprint density at radius 2 is 1.95 bits per heavy atom. The Kier molecular flexibility index (Phi) is 4.74. The van der Waals surface area contributed by atoms with Crippen LogP contribution in [0.15, 0.2) is 35.9 Å². The van der Waals surface area contributed by atoms with Crippen molar-refractivity contribution in [3.05, 3.63) is 41.5 Å². The molecule has 1 aliphatic rings. The molecule has 19 heavy (non-hydrogen) atoms. The van der Waals surface area contributed by atoms with Crippen molar-refractivity contribution >= 4 is 12.0 Å². The van der Waals surface area contributed by atoms with Crippen LogP contribution in [0, 0.1) is 5.92 Å². The van der Waals surface area contributed by atoms with Gasteiger partial charge in [0, 0.05) is 6.54 Å². The third-order valence-electron chi connectivity index (χ3n) is 3.62. The second-order valence-corrected chi connectivity index (χ2v) is 5.29. The maximum atomic E-state index is 10.9. The van der Waals surface area contributed by atoms with E-state index in [-0.39, 0.29) is 5.92 Å². The molecular formula is C16H21NO2. The van der Waals surface area contributed by atoms with E-state index in [0.29, 0.717) is 0 Å². The zero-order valence-corrected chi connectivity index (χ0v) is 11.4. The summed E-state index contributed by atoms with van der Waals surface area (Å²) in [5.41, 5.74) is 2.54. The lowest BCUT2D eigenvalue weighted by molar-refractivity contribution is -0.143. The Balaban J connectivity index is 1.85. The molecule has 1 saturated heterocycles. The van der Waals surface area contributed by atoms with E-state index in [2.05, 4.69) is 30.0 Å². The minimum Gasteiger partial charge on any atom is -0.481 e. The summed E-state index contributed by atoms with van der Waals surface area (Å²) in [4.78, 5) is 13.2. The summed E-state index contributed by atoms with van der Waals surface area (Å²) in [6.07, 6.45) is 3.74. The number of likely N-dealkylation sites (tertiary alicyclic amines) is 1. The second-order valence-electron chi connectivity index (χ2n) is 5.29. The number of piperidine rings is 1. The standard InChI is InChI=1S/C16H21NO2/c1-13(11-14-5-3-2-4-6-14)12-17-9-7-15(8-10-17)16(18)19/h2-6,11,15H,7-10,12H2,1H3,(H,18,19). The number of aliphatic carboxylic acids is 1. The van der Waals surface area contributed by atoms with Gasteiger partial charge in [-0.1, -0.05) is 42.0 Å². The monoisotopic (exact) mass is 259 g/mol. The highest BCUT2D eigenvalue weighted by atomic mass is 16.4. The van der Waals surface area contributed by atoms with Gasteiger partial charge in [0.2, 0.25) is 0 Å². The number of carboxylic acid groups (broad SMARTS) is 1. The first-order valence-corrected chi connectivity index (χ1v) is 6.82. The van der Waals surface area contributed by atoms with Crippen molar-refractivity contribution in [2.75, 3.05) is 19.6 Å². The fraction of sp³-hybridized carbons (Fsp3) is 0.438. The van der Waals surface area contributed by atoms with Crippen molar-refractivity contribution in [2.45, 2.75) is 19.8 Å². The summed E-state index contributed by atoms with van der Waals surface area (Å²) in [5, 5.41) is 8.97. The molecule has 1 heterocycles. The first kappa shape index (κ1) is 13.8. The van der Waals surface area contributed by atoms with E-state index in [9.17, 15) is 4.79 Å². The van der Waals surface area contributed by atoms with Gasteiger partial charge < -0.3 is 5.11 Å². The van der Waals surface area contributed by atoms with Crippen LogP contribution in [0.2, 0.25) is 0 Å². The van der Waals surface area contributed by atoms with Gasteiger partial charge in [0.25, 0.3) is 0 Å². The van der Waals surface area contributed by atoms with E-state index in [0.717, 1.165) is 32.5 Å². The fourth-order valence-electron chi connectivity index (χ4n) is 2.57. The van der Waals surface area contributed by atoms with Crippen molar-refractivity contribution < 1.29 is 9.90 Å². The molecule has 0 saturated carbocycles. The Bertz CT molecular complexity index is 445. The molecule has 0 bridgehead atoms. The number of hydrogen-bond acceptors (Lipinski definition) is 2. The smallest absolute Gasteiger partial charge is 0.306 e. The first-order valence-electron chi connectivity index (χ1n) is 6.82. The molecule has 0 atom stereocenters. The molecule has 0 spiro atoms. The third-order valence-corrected chi connectivity index (χ3v) is 3.62. The molecule has 1 aromatic carbocycles. The molecule has 3 heteroatoms. The average Bonchev–Trinajstić information content (AvgIpc) is 2.40. The van der Waals surface area contributed by atoms with Gasteiger partial charge in [-0.2, -0.15) is 0 Å². The predicted molar refractivity (Wildman–Crippen MR) is 76.9 cm³/mol. The molecule has 1 N–H and O–H groups in total. The number of nitrogens with zero attached hydrogens (tertiary/aromatic N) is 1. The van der Waals surface area contributed by atoms with Crippen LogP contribution in [0.3, 0.4) is 0 Å². The molecule has 0 amide bonds. The summed E-state index contributed by atoms with van der Waals surface area (Å²) in [6.45, 7) is 4.84. The largest absolute Gasteiger partial charge is 0.481 e. The number of hydrogen-bond donors (Lipinski definition) is 1. The molecule has 0 aliphatic carbocycles. The van der Waals surface area contributed by atoms with Gasteiger partial charge >= 0.3 is 5.97 Å². The Hall–Kier alpha value is -1.61. The van der Waals surface area contributed by atoms with Crippen LogP contribution < -0.4 is 0 Å². The SMILES string of the molecule is CC(=Cc1ccccc1)CN1CCC(C(=O)O)CC1. The molecule has 0 aromatic heterocycles. The molecule has 1 aliphatic heterocycles. The zero-order chi connectivity index (χ0) is 13.7. The van der Waals surface area contributed by atoms with Gasteiger partial charge in [0.05, 0.1) is 5.92 Å². The highest BCUT2D eigenvalue weighted by Crippen LogP contribution is 2.18. The molecular weight excluding hydrogens is 238 g/mol. The van der Waals surface area contributed by atoms with Crippen LogP contribution in [0.25, 0.3) is 6.08 Å². The Morgan fingerprint density at radius 1 is 1.32 bits per heavy atom. The van der Waals surface area contributed by atoms with Crippen molar-refractivity contribution in [1.82, 2.24) is 4.90 Å². The van der Waals surface area contributed by atoms with Crippen molar-refractivity contribution in [3.63, 3.8) is 0 Å². The molecule has 0 unspecified atom stereocenters. The number of benzene rings is 1. The summed E-state index contributed by atoms with van der Waals surface area (Å²) in [7, 11) is 0. The van der Waals surface area contributed by atoms with Crippen LogP contribution in [-0.2, 0) is 4.79 Å². The topological polar surface area (TPSA) is 40.5 Å². The summed E-state index contributed by atoms with van der Waals surface area (Å²) >= 11 is 0. The van der Waals surface area contributed by atoms with Gasteiger partial charge in [-0.3, -0.25) is 9.69 Å². The zero-order valence-electron chi connectivity index (χ0n) is 11.4. The van der Waals surface area contributed by atoms with Crippen LogP contribution in [-0.4, -0.2) is 35.6 Å². The van der Waals surface area contributed by atoms with Gasteiger partial charge in [-0.15, -0.1) is 0 Å². The lowest BCUT2D eigenvalue weighted by atomic mass is 9.97. The van der Waals surface area contributed by atoms with Gasteiger partial charge in [-0.25, -0.2) is 0 Å². The van der Waals surface area contributed by atoms with E-state index in [1.54, 1.807) is 0 Å². The summed E-state index contributed by atoms with van der Waals surface area (Å²) < 4.78 is 0. The van der Waals surface area contributed by atoms with E-state index in [1.165, 1.54) is 11.1 Å². The van der Waals surface area contributed by atoms with Gasteiger partial charge in [-0.05, 0) is 38.4 Å². The maximum absolute atomic E-state index is 10.9. The number of carbonyl (C=O) groups is 1. The molecule has 1 aromatic rings. The van der Waals surface area contributed by atoms with Crippen LogP contribution in [0.1, 0.15) is 25.3 Å². The number of rotatable bonds is 4. The van der Waals surface area contributed by atoms with E-state index < -0.39 is 5.97 Å². The average molecular weight is 259 g/mol. The minimum atomic E-state index is -0.642. The molecule has 0 radical (unpaired) electrons. The summed E-state index contributed by atoms with van der Waals surface area (Å²) in [5.74, 6) is -0.786. The fourth-order valence-corrected chi connectivity index (χ4v) is 2.57. The van der Waals surface area contributed by atoms with Gasteiger partial charge in [0.1, 0.15) is 0 Å². The first-order chi connectivity index (χ1) is 9.15. The van der Waals surface area contributed by atoms with Crippen molar-refractivity contribution in [1.29, 1.82) is 0 Å². The van der Waals surface area contributed by atoms with Crippen molar-refractivity contribution in [2.24, 2.45) is 5.92 Å². The van der Waals surface area contributed by atoms with Crippen LogP contribution in [0.4, 0.5) is 0 Å². The van der Waals surface area contributed by atoms with Crippen molar-refractivity contribution in [3.8, 4) is 0 Å². The quantitative estimate of drug-likeness (QED) is 0.904. The third kappa shape index (κ3) is 4.21. The Morgan fingerprint density at radius 3 is 2.53 bits per heavy atom. The molecule has 3 nitrogen and oxygen atoms in total. The van der Waals surface area contributed by atoms with Gasteiger partial charge in [0.15, 0.2) is 0 Å².